The molecule has 0 amide bonds. The van der Waals surface area contributed by atoms with Crippen molar-refractivity contribution in [2.24, 2.45) is 17.8 Å². The summed E-state index contributed by atoms with van der Waals surface area (Å²) in [7, 11) is 0. The molecule has 0 aromatic heterocycles. The summed E-state index contributed by atoms with van der Waals surface area (Å²) in [6, 6.07) is 0. The average Bonchev–Trinajstić information content (AvgIpc) is 2.68. The van der Waals surface area contributed by atoms with E-state index < -0.39 is 6.10 Å². The monoisotopic (exact) mass is 280 g/mol. The van der Waals surface area contributed by atoms with E-state index in [4.69, 9.17) is 0 Å². The van der Waals surface area contributed by atoms with Crippen molar-refractivity contribution in [2.75, 3.05) is 0 Å². The van der Waals surface area contributed by atoms with Gasteiger partial charge in [-0.15, -0.1) is 0 Å². The molecule has 2 aliphatic rings. The summed E-state index contributed by atoms with van der Waals surface area (Å²) in [5.74, 6) is 0.641. The Bertz CT molecular complexity index is 350. The number of Topliss-reactive ketones (excluding diaryl/α,β-unsaturated/α-hetero) is 1. The second-order valence-corrected chi connectivity index (χ2v) is 6.49. The second kappa shape index (κ2) is 7.37. The summed E-state index contributed by atoms with van der Waals surface area (Å²) in [5.41, 5.74) is 0. The molecule has 2 aliphatic carbocycles. The summed E-state index contributed by atoms with van der Waals surface area (Å²) in [5, 5.41) is 20.0. The van der Waals surface area contributed by atoms with Crippen LogP contribution in [-0.4, -0.2) is 28.2 Å². The van der Waals surface area contributed by atoms with Crippen LogP contribution in [0.3, 0.4) is 0 Å². The fraction of sp³-hybridized carbons (Fsp3) is 0.824. The minimum Gasteiger partial charge on any atom is -0.392 e. The minimum absolute atomic E-state index is 0.0613. The maximum Gasteiger partial charge on any atom is 0.136 e. The molecular weight excluding hydrogens is 252 g/mol. The molecule has 0 heterocycles. The van der Waals surface area contributed by atoms with E-state index in [0.717, 1.165) is 19.3 Å². The lowest BCUT2D eigenvalue weighted by atomic mass is 9.74. The number of carbonyl (C=O) groups is 1. The predicted molar refractivity (Wildman–Crippen MR) is 79.2 cm³/mol. The summed E-state index contributed by atoms with van der Waals surface area (Å²) in [6.07, 6.45) is 11.1. The zero-order valence-corrected chi connectivity index (χ0v) is 12.5. The van der Waals surface area contributed by atoms with Gasteiger partial charge in [0.25, 0.3) is 0 Å². The van der Waals surface area contributed by atoms with Crippen LogP contribution in [0.1, 0.15) is 58.3 Å². The van der Waals surface area contributed by atoms with E-state index in [1.807, 2.05) is 12.2 Å². The Balaban J connectivity index is 1.66. The van der Waals surface area contributed by atoms with E-state index in [-0.39, 0.29) is 23.9 Å². The van der Waals surface area contributed by atoms with Gasteiger partial charge in [0.1, 0.15) is 5.78 Å². The molecule has 114 valence electrons. The Kier molecular flexibility index (Phi) is 5.79. The standard InChI is InChI=1S/C17H28O3/c1-2-3-4-5-6-7-13(18)9-8-12-10-14-15(17(12)20)11-16(14)19/h8-9,12-15,17-18,20H,2-7,10-11H2,1H3/t12?,13?,14-,15+,17?/m0/s1. The van der Waals surface area contributed by atoms with Crippen molar-refractivity contribution < 1.29 is 15.0 Å². The third-order valence-electron chi connectivity index (χ3n) is 4.95. The van der Waals surface area contributed by atoms with Gasteiger partial charge in [0.05, 0.1) is 12.2 Å². The molecule has 0 aromatic rings. The van der Waals surface area contributed by atoms with Crippen LogP contribution in [0.4, 0.5) is 0 Å². The van der Waals surface area contributed by atoms with Gasteiger partial charge in [-0.25, -0.2) is 0 Å². The lowest BCUT2D eigenvalue weighted by Gasteiger charge is -2.30. The van der Waals surface area contributed by atoms with Crippen molar-refractivity contribution in [1.29, 1.82) is 0 Å². The maximum absolute atomic E-state index is 11.4. The SMILES string of the molecule is CCCCCCCC(O)C=CC1C[C@@H]2C(=O)C[C@H]2C1O. The van der Waals surface area contributed by atoms with E-state index in [1.165, 1.54) is 25.7 Å². The average molecular weight is 280 g/mol. The first-order valence-corrected chi connectivity index (χ1v) is 8.20. The van der Waals surface area contributed by atoms with Crippen LogP contribution < -0.4 is 0 Å². The number of rotatable bonds is 8. The number of carbonyl (C=O) groups excluding carboxylic acids is 1. The Morgan fingerprint density at radius 3 is 2.70 bits per heavy atom. The molecule has 3 heteroatoms. The summed E-state index contributed by atoms with van der Waals surface area (Å²) in [4.78, 5) is 11.4. The molecule has 0 aliphatic heterocycles. The van der Waals surface area contributed by atoms with Gasteiger partial charge in [0, 0.05) is 24.2 Å². The van der Waals surface area contributed by atoms with E-state index in [1.54, 1.807) is 0 Å². The fourth-order valence-corrected chi connectivity index (χ4v) is 3.54. The molecule has 0 aromatic carbocycles. The van der Waals surface area contributed by atoms with E-state index in [0.29, 0.717) is 12.2 Å². The van der Waals surface area contributed by atoms with Gasteiger partial charge >= 0.3 is 0 Å². The summed E-state index contributed by atoms with van der Waals surface area (Å²) in [6.45, 7) is 2.20. The van der Waals surface area contributed by atoms with Crippen molar-refractivity contribution in [2.45, 2.75) is 70.5 Å². The van der Waals surface area contributed by atoms with Gasteiger partial charge in [-0.3, -0.25) is 4.79 Å². The van der Waals surface area contributed by atoms with Gasteiger partial charge < -0.3 is 10.2 Å². The highest BCUT2D eigenvalue weighted by Crippen LogP contribution is 2.47. The Hall–Kier alpha value is -0.670. The van der Waals surface area contributed by atoms with Gasteiger partial charge in [0.15, 0.2) is 0 Å². The smallest absolute Gasteiger partial charge is 0.136 e. The molecule has 5 atom stereocenters. The van der Waals surface area contributed by atoms with Crippen molar-refractivity contribution in [3.63, 3.8) is 0 Å². The lowest BCUT2D eigenvalue weighted by Crippen LogP contribution is -2.38. The number of fused-ring (bicyclic) bond motifs is 1. The van der Waals surface area contributed by atoms with E-state index >= 15 is 0 Å². The molecule has 0 saturated heterocycles. The largest absolute Gasteiger partial charge is 0.392 e. The van der Waals surface area contributed by atoms with Crippen LogP contribution in [-0.2, 0) is 4.79 Å². The third-order valence-corrected chi connectivity index (χ3v) is 4.95. The normalized spacial score (nSPS) is 34.2. The maximum atomic E-state index is 11.4. The van der Waals surface area contributed by atoms with E-state index in [9.17, 15) is 15.0 Å². The molecular formula is C17H28O3. The highest BCUT2D eigenvalue weighted by molar-refractivity contribution is 5.88. The van der Waals surface area contributed by atoms with Crippen LogP contribution in [0.5, 0.6) is 0 Å². The zero-order valence-electron chi connectivity index (χ0n) is 12.5. The summed E-state index contributed by atoms with van der Waals surface area (Å²) >= 11 is 0. The number of ketones is 1. The third kappa shape index (κ3) is 3.70. The van der Waals surface area contributed by atoms with Gasteiger partial charge in [-0.1, -0.05) is 51.2 Å². The quantitative estimate of drug-likeness (QED) is 0.531. The fourth-order valence-electron chi connectivity index (χ4n) is 3.54. The van der Waals surface area contributed by atoms with Gasteiger partial charge in [0.2, 0.25) is 0 Å². The molecule has 0 spiro atoms. The molecule has 3 nitrogen and oxygen atoms in total. The molecule has 0 bridgehead atoms. The first-order valence-electron chi connectivity index (χ1n) is 8.20. The van der Waals surface area contributed by atoms with Crippen molar-refractivity contribution >= 4 is 5.78 Å². The number of aliphatic hydroxyl groups excluding tert-OH is 2. The molecule has 2 saturated carbocycles. The molecule has 2 N–H and O–H groups in total. The van der Waals surface area contributed by atoms with Crippen LogP contribution in [0, 0.1) is 17.8 Å². The number of hydrogen-bond donors (Lipinski definition) is 2. The van der Waals surface area contributed by atoms with Gasteiger partial charge in [-0.2, -0.15) is 0 Å². The highest BCUT2D eigenvalue weighted by Gasteiger charge is 2.51. The van der Waals surface area contributed by atoms with Crippen molar-refractivity contribution in [1.82, 2.24) is 0 Å². The molecule has 0 radical (unpaired) electrons. The van der Waals surface area contributed by atoms with Crippen LogP contribution in [0.15, 0.2) is 12.2 Å². The second-order valence-electron chi connectivity index (χ2n) is 6.49. The molecule has 20 heavy (non-hydrogen) atoms. The topological polar surface area (TPSA) is 57.5 Å². The van der Waals surface area contributed by atoms with E-state index in [2.05, 4.69) is 6.92 Å². The highest BCUT2D eigenvalue weighted by atomic mass is 16.3. The Morgan fingerprint density at radius 2 is 2.05 bits per heavy atom. The number of aliphatic hydroxyl groups is 2. The zero-order chi connectivity index (χ0) is 14.5. The van der Waals surface area contributed by atoms with Crippen LogP contribution in [0.2, 0.25) is 0 Å². The predicted octanol–water partition coefficient (Wildman–Crippen LogP) is 2.85. The van der Waals surface area contributed by atoms with Crippen molar-refractivity contribution in [3.05, 3.63) is 12.2 Å². The van der Waals surface area contributed by atoms with Gasteiger partial charge in [-0.05, 0) is 12.8 Å². The van der Waals surface area contributed by atoms with Crippen LogP contribution in [0.25, 0.3) is 0 Å². The molecule has 3 unspecified atom stereocenters. The Labute approximate surface area is 122 Å². The Morgan fingerprint density at radius 1 is 1.30 bits per heavy atom. The van der Waals surface area contributed by atoms with Crippen molar-refractivity contribution in [3.8, 4) is 0 Å². The lowest BCUT2D eigenvalue weighted by molar-refractivity contribution is -0.135. The first kappa shape index (κ1) is 15.7. The molecule has 2 rings (SSSR count). The summed E-state index contributed by atoms with van der Waals surface area (Å²) < 4.78 is 0. The molecule has 2 fully saturated rings. The number of unbranched alkanes of at least 4 members (excludes halogenated alkanes) is 4. The van der Waals surface area contributed by atoms with Crippen LogP contribution >= 0.6 is 0 Å². The minimum atomic E-state index is -0.405. The number of hydrogen-bond acceptors (Lipinski definition) is 3. The first-order chi connectivity index (χ1) is 9.63.